The lowest BCUT2D eigenvalue weighted by Crippen LogP contribution is -2.25. The van der Waals surface area contributed by atoms with E-state index in [1.165, 1.54) is 0 Å². The molecule has 13 heavy (non-hydrogen) atoms. The number of hydrogen-bond acceptors (Lipinski definition) is 3. The lowest BCUT2D eigenvalue weighted by Gasteiger charge is -2.16. The van der Waals surface area contributed by atoms with Gasteiger partial charge in [-0.2, -0.15) is 0 Å². The third-order valence-corrected chi connectivity index (χ3v) is 2.96. The average molecular weight is 186 g/mol. The average Bonchev–Trinajstić information content (AvgIpc) is 2.78. The molecule has 2 fully saturated rings. The highest BCUT2D eigenvalue weighted by Gasteiger charge is 2.54. The summed E-state index contributed by atoms with van der Waals surface area (Å²) in [4.78, 5) is 0. The number of hydrogen-bond donors (Lipinski definition) is 1. The first-order valence-corrected chi connectivity index (χ1v) is 5.24. The molecule has 0 spiro atoms. The molecule has 0 aromatic rings. The quantitative estimate of drug-likeness (QED) is 0.513. The Morgan fingerprint density at radius 3 is 3.00 bits per heavy atom. The fourth-order valence-electron chi connectivity index (χ4n) is 2.03. The lowest BCUT2D eigenvalue weighted by atomic mass is 10.1. The molecule has 2 rings (SSSR count). The molecule has 0 aromatic carbocycles. The van der Waals surface area contributed by atoms with Crippen molar-refractivity contribution in [3.05, 3.63) is 0 Å². The summed E-state index contributed by atoms with van der Waals surface area (Å²) in [6, 6.07) is 0. The van der Waals surface area contributed by atoms with Crippen molar-refractivity contribution in [2.24, 2.45) is 5.92 Å². The van der Waals surface area contributed by atoms with Crippen LogP contribution in [0.3, 0.4) is 0 Å². The highest BCUT2D eigenvalue weighted by Crippen LogP contribution is 2.43. The molecule has 3 nitrogen and oxygen atoms in total. The highest BCUT2D eigenvalue weighted by atomic mass is 16.6. The molecule has 76 valence electrons. The Kier molecular flexibility index (Phi) is 2.86. The van der Waals surface area contributed by atoms with Gasteiger partial charge in [-0.25, -0.2) is 0 Å². The van der Waals surface area contributed by atoms with E-state index >= 15 is 0 Å². The maximum atomic E-state index is 9.59. The van der Waals surface area contributed by atoms with E-state index in [1.807, 2.05) is 0 Å². The zero-order valence-corrected chi connectivity index (χ0v) is 8.11. The fraction of sp³-hybridized carbons (Fsp3) is 1.00. The maximum Gasteiger partial charge on any atom is 0.0917 e. The van der Waals surface area contributed by atoms with Gasteiger partial charge in [0.05, 0.1) is 24.9 Å². The van der Waals surface area contributed by atoms with Crippen LogP contribution in [0.2, 0.25) is 0 Å². The van der Waals surface area contributed by atoms with Gasteiger partial charge < -0.3 is 14.6 Å². The number of fused-ring (bicyclic) bond motifs is 1. The van der Waals surface area contributed by atoms with Crippen molar-refractivity contribution >= 4 is 0 Å². The molecule has 2 aliphatic rings. The van der Waals surface area contributed by atoms with Gasteiger partial charge in [-0.3, -0.25) is 0 Å². The smallest absolute Gasteiger partial charge is 0.0917 e. The van der Waals surface area contributed by atoms with E-state index in [4.69, 9.17) is 9.47 Å². The first kappa shape index (κ1) is 9.44. The molecular formula is C10H18O3. The van der Waals surface area contributed by atoms with Gasteiger partial charge >= 0.3 is 0 Å². The SMILES string of the molecule is CCCCOC[C@H]1[C@@H]2O[C@@H]2C[C@@H]1O. The van der Waals surface area contributed by atoms with Crippen LogP contribution in [0.25, 0.3) is 0 Å². The van der Waals surface area contributed by atoms with E-state index in [0.29, 0.717) is 18.8 Å². The Balaban J connectivity index is 1.63. The summed E-state index contributed by atoms with van der Waals surface area (Å²) in [5, 5.41) is 9.59. The van der Waals surface area contributed by atoms with Crippen molar-refractivity contribution in [2.45, 2.75) is 44.5 Å². The predicted octanol–water partition coefficient (Wildman–Crippen LogP) is 0.951. The summed E-state index contributed by atoms with van der Waals surface area (Å²) < 4.78 is 10.8. The minimum atomic E-state index is -0.189. The van der Waals surface area contributed by atoms with Gasteiger partial charge in [-0.15, -0.1) is 0 Å². The number of rotatable bonds is 5. The van der Waals surface area contributed by atoms with Crippen molar-refractivity contribution in [3.63, 3.8) is 0 Å². The molecule has 0 bridgehead atoms. The Bertz CT molecular complexity index is 170. The molecule has 1 saturated heterocycles. The molecule has 0 amide bonds. The molecule has 1 aliphatic carbocycles. The monoisotopic (exact) mass is 186 g/mol. The molecular weight excluding hydrogens is 168 g/mol. The van der Waals surface area contributed by atoms with Crippen LogP contribution in [0, 0.1) is 5.92 Å². The topological polar surface area (TPSA) is 42.0 Å². The normalized spacial score (nSPS) is 42.0. The van der Waals surface area contributed by atoms with Crippen LogP contribution in [0.5, 0.6) is 0 Å². The first-order chi connectivity index (χ1) is 6.33. The van der Waals surface area contributed by atoms with Crippen molar-refractivity contribution in [3.8, 4) is 0 Å². The van der Waals surface area contributed by atoms with Gasteiger partial charge in [-0.05, 0) is 6.42 Å². The molecule has 0 unspecified atom stereocenters. The summed E-state index contributed by atoms with van der Waals surface area (Å²) in [6.07, 6.45) is 3.54. The van der Waals surface area contributed by atoms with E-state index in [-0.39, 0.29) is 12.0 Å². The van der Waals surface area contributed by atoms with Crippen molar-refractivity contribution in [1.82, 2.24) is 0 Å². The van der Waals surface area contributed by atoms with Crippen molar-refractivity contribution in [2.75, 3.05) is 13.2 Å². The van der Waals surface area contributed by atoms with Crippen LogP contribution in [0.4, 0.5) is 0 Å². The van der Waals surface area contributed by atoms with Gasteiger partial charge in [0.2, 0.25) is 0 Å². The van der Waals surface area contributed by atoms with E-state index in [2.05, 4.69) is 6.92 Å². The number of aliphatic hydroxyl groups excluding tert-OH is 1. The minimum absolute atomic E-state index is 0.189. The summed E-state index contributed by atoms with van der Waals surface area (Å²) in [7, 11) is 0. The largest absolute Gasteiger partial charge is 0.393 e. The van der Waals surface area contributed by atoms with Crippen molar-refractivity contribution in [1.29, 1.82) is 0 Å². The van der Waals surface area contributed by atoms with Gasteiger partial charge in [0.25, 0.3) is 0 Å². The molecule has 0 aromatic heterocycles. The van der Waals surface area contributed by atoms with Crippen LogP contribution in [-0.2, 0) is 9.47 Å². The molecule has 1 saturated carbocycles. The highest BCUT2D eigenvalue weighted by molar-refractivity contribution is 5.02. The second kappa shape index (κ2) is 3.95. The predicted molar refractivity (Wildman–Crippen MR) is 48.5 cm³/mol. The van der Waals surface area contributed by atoms with Gasteiger partial charge in [0.15, 0.2) is 0 Å². The minimum Gasteiger partial charge on any atom is -0.393 e. The zero-order valence-electron chi connectivity index (χ0n) is 8.11. The number of aliphatic hydroxyl groups is 1. The van der Waals surface area contributed by atoms with Crippen LogP contribution in [0.1, 0.15) is 26.2 Å². The summed E-state index contributed by atoms with van der Waals surface area (Å²) >= 11 is 0. The zero-order chi connectivity index (χ0) is 9.26. The molecule has 4 atom stereocenters. The van der Waals surface area contributed by atoms with Crippen LogP contribution >= 0.6 is 0 Å². The van der Waals surface area contributed by atoms with Gasteiger partial charge in [0, 0.05) is 18.9 Å². The fourth-order valence-corrected chi connectivity index (χ4v) is 2.03. The van der Waals surface area contributed by atoms with E-state index < -0.39 is 0 Å². The summed E-state index contributed by atoms with van der Waals surface area (Å²) in [5.74, 6) is 0.238. The van der Waals surface area contributed by atoms with Gasteiger partial charge in [0.1, 0.15) is 0 Å². The standard InChI is InChI=1S/C10H18O3/c1-2-3-4-12-6-7-8(11)5-9-10(7)13-9/h7-11H,2-6H2,1H3/t7-,8+,9-,10+/m1/s1. The Hall–Kier alpha value is -0.120. The van der Waals surface area contributed by atoms with Crippen LogP contribution in [-0.4, -0.2) is 36.6 Å². The molecule has 0 radical (unpaired) electrons. The second-order valence-corrected chi connectivity index (χ2v) is 4.03. The molecule has 3 heteroatoms. The number of ether oxygens (including phenoxy) is 2. The number of unbranched alkanes of at least 4 members (excludes halogenated alkanes) is 1. The maximum absolute atomic E-state index is 9.59. The van der Waals surface area contributed by atoms with Crippen LogP contribution < -0.4 is 0 Å². The van der Waals surface area contributed by atoms with Gasteiger partial charge in [-0.1, -0.05) is 13.3 Å². The van der Waals surface area contributed by atoms with Crippen molar-refractivity contribution < 1.29 is 14.6 Å². The summed E-state index contributed by atoms with van der Waals surface area (Å²) in [5.41, 5.74) is 0. The van der Waals surface area contributed by atoms with E-state index in [0.717, 1.165) is 25.9 Å². The van der Waals surface area contributed by atoms with E-state index in [9.17, 15) is 5.11 Å². The Labute approximate surface area is 79.0 Å². The van der Waals surface area contributed by atoms with Crippen LogP contribution in [0.15, 0.2) is 0 Å². The first-order valence-electron chi connectivity index (χ1n) is 5.24. The third kappa shape index (κ3) is 2.03. The molecule has 1 aliphatic heterocycles. The summed E-state index contributed by atoms with van der Waals surface area (Å²) in [6.45, 7) is 3.63. The van der Waals surface area contributed by atoms with E-state index in [1.54, 1.807) is 0 Å². The third-order valence-electron chi connectivity index (χ3n) is 2.96. The molecule has 1 N–H and O–H groups in total. The number of epoxide rings is 1. The Morgan fingerprint density at radius 1 is 1.54 bits per heavy atom. The molecule has 1 heterocycles. The second-order valence-electron chi connectivity index (χ2n) is 4.03. The lowest BCUT2D eigenvalue weighted by molar-refractivity contribution is 0.0106. The Morgan fingerprint density at radius 2 is 2.38 bits per heavy atom.